The largest absolute Gasteiger partial charge is 0.497 e. The van der Waals surface area contributed by atoms with Crippen molar-refractivity contribution in [3.8, 4) is 5.75 Å². The highest BCUT2D eigenvalue weighted by Crippen LogP contribution is 2.41. The van der Waals surface area contributed by atoms with Crippen LogP contribution in [-0.2, 0) is 12.8 Å². The zero-order chi connectivity index (χ0) is 23.1. The molecule has 1 aromatic carbocycles. The summed E-state index contributed by atoms with van der Waals surface area (Å²) in [6.07, 6.45) is 3.50. The van der Waals surface area contributed by atoms with Gasteiger partial charge in [-0.25, -0.2) is 9.97 Å². The van der Waals surface area contributed by atoms with Crippen LogP contribution < -0.4 is 9.64 Å². The van der Waals surface area contributed by atoms with Gasteiger partial charge in [0.05, 0.1) is 12.5 Å². The van der Waals surface area contributed by atoms with Crippen molar-refractivity contribution >= 4 is 33.3 Å². The summed E-state index contributed by atoms with van der Waals surface area (Å²) < 4.78 is 5.21. The Morgan fingerprint density at radius 3 is 2.52 bits per heavy atom. The fourth-order valence-electron chi connectivity index (χ4n) is 4.86. The van der Waals surface area contributed by atoms with E-state index in [0.29, 0.717) is 18.7 Å². The van der Waals surface area contributed by atoms with Crippen LogP contribution in [0.4, 0.5) is 5.82 Å². The van der Waals surface area contributed by atoms with Gasteiger partial charge >= 0.3 is 0 Å². The molecule has 1 saturated heterocycles. The fourth-order valence-corrected chi connectivity index (χ4v) is 6.25. The van der Waals surface area contributed by atoms with Gasteiger partial charge in [-0.1, -0.05) is 20.8 Å². The monoisotopic (exact) mass is 464 g/mol. The zero-order valence-electron chi connectivity index (χ0n) is 19.9. The van der Waals surface area contributed by atoms with Crippen molar-refractivity contribution < 1.29 is 9.53 Å². The maximum absolute atomic E-state index is 13.0. The van der Waals surface area contributed by atoms with Crippen molar-refractivity contribution in [1.29, 1.82) is 0 Å². The number of carbonyl (C=O) groups is 1. The van der Waals surface area contributed by atoms with Crippen molar-refractivity contribution in [2.45, 2.75) is 46.0 Å². The first kappa shape index (κ1) is 22.1. The van der Waals surface area contributed by atoms with Gasteiger partial charge in [0.2, 0.25) is 0 Å². The standard InChI is InChI=1S/C26H32N4O2S/c1-16(2)23-27-24(22-20-10-5-17(3)15-21(20)33-25(22)28-23)29-11-13-30(14-12-29)26(31)18-6-8-19(32-4)9-7-18/h6-9,16-17H,5,10-15H2,1-4H3. The molecule has 0 bridgehead atoms. The summed E-state index contributed by atoms with van der Waals surface area (Å²) in [6, 6.07) is 7.37. The third-order valence-electron chi connectivity index (χ3n) is 6.87. The first-order chi connectivity index (χ1) is 15.9. The first-order valence-electron chi connectivity index (χ1n) is 11.9. The molecule has 1 unspecified atom stereocenters. The fraction of sp³-hybridized carbons (Fsp3) is 0.500. The minimum absolute atomic E-state index is 0.0786. The highest BCUT2D eigenvalue weighted by atomic mass is 32.1. The number of fused-ring (bicyclic) bond motifs is 3. The molecule has 33 heavy (non-hydrogen) atoms. The lowest BCUT2D eigenvalue weighted by Crippen LogP contribution is -2.49. The molecule has 5 rings (SSSR count). The Morgan fingerprint density at radius 2 is 1.85 bits per heavy atom. The van der Waals surface area contributed by atoms with E-state index in [9.17, 15) is 4.79 Å². The summed E-state index contributed by atoms with van der Waals surface area (Å²) in [5.74, 6) is 3.85. The second-order valence-electron chi connectivity index (χ2n) is 9.60. The summed E-state index contributed by atoms with van der Waals surface area (Å²) in [5, 5.41) is 1.27. The SMILES string of the molecule is COc1ccc(C(=O)N2CCN(c3nc(C(C)C)nc4sc5c(c34)CCC(C)C5)CC2)cc1. The van der Waals surface area contributed by atoms with Crippen molar-refractivity contribution in [2.24, 2.45) is 5.92 Å². The lowest BCUT2D eigenvalue weighted by atomic mass is 9.89. The Morgan fingerprint density at radius 1 is 1.12 bits per heavy atom. The first-order valence-corrected chi connectivity index (χ1v) is 12.8. The Hall–Kier alpha value is -2.67. The number of aromatic nitrogens is 2. The zero-order valence-corrected chi connectivity index (χ0v) is 20.7. The van der Waals surface area contributed by atoms with E-state index in [1.54, 1.807) is 7.11 Å². The Labute approximate surface area is 199 Å². The van der Waals surface area contributed by atoms with Crippen LogP contribution >= 0.6 is 11.3 Å². The van der Waals surface area contributed by atoms with Crippen LogP contribution in [0.5, 0.6) is 5.75 Å². The predicted octanol–water partition coefficient (Wildman–Crippen LogP) is 4.91. The maximum atomic E-state index is 13.0. The molecule has 1 fully saturated rings. The lowest BCUT2D eigenvalue weighted by molar-refractivity contribution is 0.0746. The van der Waals surface area contributed by atoms with Crippen molar-refractivity contribution in [2.75, 3.05) is 38.2 Å². The molecule has 1 atom stereocenters. The maximum Gasteiger partial charge on any atom is 0.253 e. The second-order valence-corrected chi connectivity index (χ2v) is 10.7. The molecule has 1 aliphatic heterocycles. The van der Waals surface area contributed by atoms with Crippen LogP contribution in [0.3, 0.4) is 0 Å². The molecule has 3 heterocycles. The summed E-state index contributed by atoms with van der Waals surface area (Å²) in [5.41, 5.74) is 2.17. The topological polar surface area (TPSA) is 58.6 Å². The minimum atomic E-state index is 0.0786. The molecule has 2 aromatic heterocycles. The molecule has 3 aromatic rings. The molecule has 0 N–H and O–H groups in total. The normalized spacial score (nSPS) is 18.6. The van der Waals surface area contributed by atoms with E-state index in [-0.39, 0.29) is 11.8 Å². The molecule has 0 radical (unpaired) electrons. The Bertz CT molecular complexity index is 1160. The summed E-state index contributed by atoms with van der Waals surface area (Å²) in [6.45, 7) is 9.61. The van der Waals surface area contributed by atoms with Crippen LogP contribution in [0.2, 0.25) is 0 Å². The Balaban J connectivity index is 1.41. The van der Waals surface area contributed by atoms with Gasteiger partial charge in [-0.3, -0.25) is 4.79 Å². The third-order valence-corrected chi connectivity index (χ3v) is 8.02. The number of nitrogens with zero attached hydrogens (tertiary/aromatic N) is 4. The van der Waals surface area contributed by atoms with E-state index in [0.717, 1.165) is 54.1 Å². The number of methoxy groups -OCH3 is 1. The van der Waals surface area contributed by atoms with Crippen LogP contribution in [-0.4, -0.2) is 54.1 Å². The highest BCUT2D eigenvalue weighted by Gasteiger charge is 2.29. The lowest BCUT2D eigenvalue weighted by Gasteiger charge is -2.36. The molecule has 7 heteroatoms. The number of carbonyl (C=O) groups excluding carboxylic acids is 1. The van der Waals surface area contributed by atoms with E-state index in [1.807, 2.05) is 40.5 Å². The quantitative estimate of drug-likeness (QED) is 0.549. The number of aryl methyl sites for hydroxylation is 1. The molecule has 174 valence electrons. The summed E-state index contributed by atoms with van der Waals surface area (Å²) in [7, 11) is 1.63. The third kappa shape index (κ3) is 4.19. The highest BCUT2D eigenvalue weighted by molar-refractivity contribution is 7.19. The van der Waals surface area contributed by atoms with E-state index < -0.39 is 0 Å². The van der Waals surface area contributed by atoms with Crippen LogP contribution in [0.25, 0.3) is 10.2 Å². The molecule has 0 spiro atoms. The summed E-state index contributed by atoms with van der Waals surface area (Å²) >= 11 is 1.87. The molecule has 1 aliphatic carbocycles. The number of ether oxygens (including phenoxy) is 1. The van der Waals surface area contributed by atoms with Gasteiger partial charge in [0.15, 0.2) is 0 Å². The van der Waals surface area contributed by atoms with E-state index in [2.05, 4.69) is 25.7 Å². The molecule has 0 saturated carbocycles. The minimum Gasteiger partial charge on any atom is -0.497 e. The van der Waals surface area contributed by atoms with Crippen molar-refractivity contribution in [3.63, 3.8) is 0 Å². The van der Waals surface area contributed by atoms with Gasteiger partial charge in [-0.15, -0.1) is 11.3 Å². The number of hydrogen-bond donors (Lipinski definition) is 0. The number of thiophene rings is 1. The molecule has 6 nitrogen and oxygen atoms in total. The number of rotatable bonds is 4. The molecule has 2 aliphatic rings. The number of hydrogen-bond acceptors (Lipinski definition) is 6. The number of piperazine rings is 1. The number of anilines is 1. The van der Waals surface area contributed by atoms with Gasteiger partial charge in [-0.2, -0.15) is 0 Å². The van der Waals surface area contributed by atoms with Crippen LogP contribution in [0.1, 0.15) is 59.7 Å². The predicted molar refractivity (Wildman–Crippen MR) is 134 cm³/mol. The molecular formula is C26H32N4O2S. The second kappa shape index (κ2) is 8.93. The van der Waals surface area contributed by atoms with Gasteiger partial charge in [0.25, 0.3) is 5.91 Å². The smallest absolute Gasteiger partial charge is 0.253 e. The number of benzene rings is 1. The summed E-state index contributed by atoms with van der Waals surface area (Å²) in [4.78, 5) is 30.0. The Kier molecular flexibility index (Phi) is 5.99. The van der Waals surface area contributed by atoms with Gasteiger partial charge in [0.1, 0.15) is 22.2 Å². The van der Waals surface area contributed by atoms with Crippen molar-refractivity contribution in [1.82, 2.24) is 14.9 Å². The molecular weight excluding hydrogens is 432 g/mol. The average Bonchev–Trinajstić information content (AvgIpc) is 3.20. The van der Waals surface area contributed by atoms with E-state index in [4.69, 9.17) is 14.7 Å². The van der Waals surface area contributed by atoms with Gasteiger partial charge in [0, 0.05) is 42.5 Å². The van der Waals surface area contributed by atoms with Gasteiger partial charge < -0.3 is 14.5 Å². The van der Waals surface area contributed by atoms with E-state index in [1.165, 1.54) is 22.2 Å². The van der Waals surface area contributed by atoms with Crippen LogP contribution in [0.15, 0.2) is 24.3 Å². The van der Waals surface area contributed by atoms with E-state index >= 15 is 0 Å². The van der Waals surface area contributed by atoms with Crippen molar-refractivity contribution in [3.05, 3.63) is 46.1 Å². The van der Waals surface area contributed by atoms with Crippen LogP contribution in [0, 0.1) is 5.92 Å². The number of amides is 1. The molecule has 1 amide bonds. The van der Waals surface area contributed by atoms with Gasteiger partial charge in [-0.05, 0) is 55.0 Å². The average molecular weight is 465 g/mol.